The summed E-state index contributed by atoms with van der Waals surface area (Å²) in [6, 6.07) is 3.66. The molecule has 1 aliphatic rings. The third-order valence-electron chi connectivity index (χ3n) is 2.62. The maximum absolute atomic E-state index is 10.9. The van der Waals surface area contributed by atoms with E-state index in [9.17, 15) is 4.79 Å². The summed E-state index contributed by atoms with van der Waals surface area (Å²) in [4.78, 5) is 14.7. The molecule has 0 aromatic carbocycles. The fourth-order valence-electron chi connectivity index (χ4n) is 1.36. The van der Waals surface area contributed by atoms with E-state index >= 15 is 0 Å². The van der Waals surface area contributed by atoms with Gasteiger partial charge in [0.05, 0.1) is 5.41 Å². The highest BCUT2D eigenvalue weighted by atomic mass is 16.4. The molecule has 0 aliphatic heterocycles. The van der Waals surface area contributed by atoms with Gasteiger partial charge in [0.1, 0.15) is 0 Å². The predicted octanol–water partition coefficient (Wildman–Crippen LogP) is 1.36. The normalized spacial score (nSPS) is 17.4. The minimum Gasteiger partial charge on any atom is -0.481 e. The Morgan fingerprint density at radius 2 is 2.14 bits per heavy atom. The minimum atomic E-state index is -0.695. The second kappa shape index (κ2) is 3.29. The number of hydrogen-bond donors (Lipinski definition) is 2. The van der Waals surface area contributed by atoms with Crippen molar-refractivity contribution in [2.45, 2.75) is 12.8 Å². The quantitative estimate of drug-likeness (QED) is 0.756. The lowest BCUT2D eigenvalue weighted by Gasteiger charge is -2.11. The molecule has 2 N–H and O–H groups in total. The van der Waals surface area contributed by atoms with E-state index in [2.05, 4.69) is 10.3 Å². The van der Waals surface area contributed by atoms with Gasteiger partial charge in [-0.2, -0.15) is 0 Å². The van der Waals surface area contributed by atoms with Gasteiger partial charge in [-0.15, -0.1) is 0 Å². The van der Waals surface area contributed by atoms with E-state index in [4.69, 9.17) is 5.11 Å². The van der Waals surface area contributed by atoms with E-state index in [0.29, 0.717) is 6.54 Å². The second-order valence-electron chi connectivity index (χ2n) is 3.67. The Balaban J connectivity index is 1.92. The first kappa shape index (κ1) is 8.99. The Morgan fingerprint density at radius 1 is 1.50 bits per heavy atom. The Hall–Kier alpha value is -1.58. The lowest BCUT2D eigenvalue weighted by atomic mass is 10.1. The first-order valence-corrected chi connectivity index (χ1v) is 4.60. The lowest BCUT2D eigenvalue weighted by molar-refractivity contribution is -0.142. The van der Waals surface area contributed by atoms with E-state index < -0.39 is 11.4 Å². The van der Waals surface area contributed by atoms with Gasteiger partial charge in [-0.1, -0.05) is 0 Å². The summed E-state index contributed by atoms with van der Waals surface area (Å²) in [7, 11) is 0. The van der Waals surface area contributed by atoms with E-state index in [1.54, 1.807) is 12.4 Å². The van der Waals surface area contributed by atoms with Gasteiger partial charge in [0.25, 0.3) is 0 Å². The molecule has 4 nitrogen and oxygen atoms in total. The molecule has 0 saturated heterocycles. The standard InChI is InChI=1S/C10H12N2O2/c13-9(14)10(3-4-10)7-12-8-1-5-11-6-2-8/h1-2,5-6H,3-4,7H2,(H,11,12)(H,13,14). The number of anilines is 1. The SMILES string of the molecule is O=C(O)C1(CNc2ccncc2)CC1. The summed E-state index contributed by atoms with van der Waals surface area (Å²) in [6.45, 7) is 0.506. The van der Waals surface area contributed by atoms with Crippen molar-refractivity contribution in [3.63, 3.8) is 0 Å². The number of aromatic nitrogens is 1. The van der Waals surface area contributed by atoms with E-state index in [0.717, 1.165) is 18.5 Å². The average molecular weight is 192 g/mol. The highest BCUT2D eigenvalue weighted by molar-refractivity contribution is 5.78. The third kappa shape index (κ3) is 1.69. The predicted molar refractivity (Wildman–Crippen MR) is 52.0 cm³/mol. The van der Waals surface area contributed by atoms with Crippen LogP contribution in [0.25, 0.3) is 0 Å². The molecule has 1 heterocycles. The van der Waals surface area contributed by atoms with Crippen LogP contribution in [0.2, 0.25) is 0 Å². The molecule has 0 spiro atoms. The summed E-state index contributed by atoms with van der Waals surface area (Å²) < 4.78 is 0. The molecule has 0 bridgehead atoms. The summed E-state index contributed by atoms with van der Waals surface area (Å²) in [6.07, 6.45) is 4.92. The zero-order valence-electron chi connectivity index (χ0n) is 7.73. The molecule has 0 unspecified atom stereocenters. The molecule has 74 valence electrons. The van der Waals surface area contributed by atoms with Gasteiger partial charge >= 0.3 is 5.97 Å². The van der Waals surface area contributed by atoms with E-state index in [1.165, 1.54) is 0 Å². The molecular weight excluding hydrogens is 180 g/mol. The summed E-state index contributed by atoms with van der Waals surface area (Å²) >= 11 is 0. The van der Waals surface area contributed by atoms with Crippen molar-refractivity contribution in [3.8, 4) is 0 Å². The highest BCUT2D eigenvalue weighted by Crippen LogP contribution is 2.45. The smallest absolute Gasteiger partial charge is 0.311 e. The third-order valence-corrected chi connectivity index (χ3v) is 2.62. The van der Waals surface area contributed by atoms with Gasteiger partial charge in [0.15, 0.2) is 0 Å². The monoisotopic (exact) mass is 192 g/mol. The van der Waals surface area contributed by atoms with Crippen molar-refractivity contribution < 1.29 is 9.90 Å². The van der Waals surface area contributed by atoms with Crippen LogP contribution in [0.3, 0.4) is 0 Å². The van der Waals surface area contributed by atoms with Gasteiger partial charge in [-0.25, -0.2) is 0 Å². The molecule has 1 aromatic rings. The zero-order valence-corrected chi connectivity index (χ0v) is 7.73. The second-order valence-corrected chi connectivity index (χ2v) is 3.67. The molecule has 1 saturated carbocycles. The number of carbonyl (C=O) groups is 1. The van der Waals surface area contributed by atoms with Crippen LogP contribution in [0.4, 0.5) is 5.69 Å². The first-order valence-electron chi connectivity index (χ1n) is 4.60. The molecule has 0 radical (unpaired) electrons. The van der Waals surface area contributed by atoms with Gasteiger partial charge in [0.2, 0.25) is 0 Å². The van der Waals surface area contributed by atoms with E-state index in [-0.39, 0.29) is 0 Å². The van der Waals surface area contributed by atoms with Crippen molar-refractivity contribution in [1.29, 1.82) is 0 Å². The number of rotatable bonds is 4. The molecular formula is C10H12N2O2. The Bertz CT molecular complexity index is 333. The number of nitrogens with zero attached hydrogens (tertiary/aromatic N) is 1. The van der Waals surface area contributed by atoms with Crippen molar-refractivity contribution in [2.75, 3.05) is 11.9 Å². The van der Waals surface area contributed by atoms with Crippen molar-refractivity contribution in [2.24, 2.45) is 5.41 Å². The summed E-state index contributed by atoms with van der Waals surface area (Å²) in [5, 5.41) is 12.0. The maximum atomic E-state index is 10.9. The number of pyridine rings is 1. The van der Waals surface area contributed by atoms with Gasteiger partial charge in [-0.3, -0.25) is 9.78 Å². The van der Waals surface area contributed by atoms with Gasteiger partial charge in [0, 0.05) is 24.6 Å². The Kier molecular flexibility index (Phi) is 2.11. The van der Waals surface area contributed by atoms with Crippen LogP contribution < -0.4 is 5.32 Å². The molecule has 2 rings (SSSR count). The topological polar surface area (TPSA) is 62.2 Å². The van der Waals surface area contributed by atoms with Crippen molar-refractivity contribution >= 4 is 11.7 Å². The largest absolute Gasteiger partial charge is 0.481 e. The fraction of sp³-hybridized carbons (Fsp3) is 0.400. The van der Waals surface area contributed by atoms with Crippen LogP contribution in [0, 0.1) is 5.41 Å². The average Bonchev–Trinajstić information content (AvgIpc) is 2.97. The molecule has 1 aromatic heterocycles. The maximum Gasteiger partial charge on any atom is 0.311 e. The highest BCUT2D eigenvalue weighted by Gasteiger charge is 2.49. The van der Waals surface area contributed by atoms with Crippen molar-refractivity contribution in [3.05, 3.63) is 24.5 Å². The number of carboxylic acids is 1. The number of carboxylic acid groups (broad SMARTS) is 1. The van der Waals surface area contributed by atoms with Crippen LogP contribution in [0.15, 0.2) is 24.5 Å². The van der Waals surface area contributed by atoms with Crippen LogP contribution in [0.1, 0.15) is 12.8 Å². The van der Waals surface area contributed by atoms with Gasteiger partial charge in [-0.05, 0) is 25.0 Å². The number of aliphatic carboxylic acids is 1. The first-order chi connectivity index (χ1) is 6.73. The Labute approximate surface area is 82.0 Å². The molecule has 1 fully saturated rings. The summed E-state index contributed by atoms with van der Waals surface area (Å²) in [5.41, 5.74) is 0.413. The van der Waals surface area contributed by atoms with Crippen LogP contribution in [-0.2, 0) is 4.79 Å². The van der Waals surface area contributed by atoms with Crippen LogP contribution in [-0.4, -0.2) is 22.6 Å². The molecule has 14 heavy (non-hydrogen) atoms. The molecule has 0 amide bonds. The zero-order chi connectivity index (χ0) is 10.0. The number of hydrogen-bond acceptors (Lipinski definition) is 3. The summed E-state index contributed by atoms with van der Waals surface area (Å²) in [5.74, 6) is -0.695. The van der Waals surface area contributed by atoms with Crippen LogP contribution >= 0.6 is 0 Å². The Morgan fingerprint density at radius 3 is 2.64 bits per heavy atom. The van der Waals surface area contributed by atoms with Crippen LogP contribution in [0.5, 0.6) is 0 Å². The lowest BCUT2D eigenvalue weighted by Crippen LogP contribution is -2.24. The van der Waals surface area contributed by atoms with Gasteiger partial charge < -0.3 is 10.4 Å². The minimum absolute atomic E-state index is 0.506. The van der Waals surface area contributed by atoms with Crippen molar-refractivity contribution in [1.82, 2.24) is 4.98 Å². The van der Waals surface area contributed by atoms with E-state index in [1.807, 2.05) is 12.1 Å². The number of nitrogens with one attached hydrogen (secondary N) is 1. The molecule has 1 aliphatic carbocycles. The molecule has 4 heteroatoms. The fourth-order valence-corrected chi connectivity index (χ4v) is 1.36. The molecule has 0 atom stereocenters.